The fourth-order valence-corrected chi connectivity index (χ4v) is 2.05. The first kappa shape index (κ1) is 15.9. The highest BCUT2D eigenvalue weighted by Crippen LogP contribution is 2.38. The summed E-state index contributed by atoms with van der Waals surface area (Å²) >= 11 is 0. The summed E-state index contributed by atoms with van der Waals surface area (Å²) in [5.74, 6) is 0. The average molecular weight is 288 g/mol. The lowest BCUT2D eigenvalue weighted by atomic mass is 9.77. The molecular formula is C15H21BN2O3. The molecule has 2 N–H and O–H groups in total. The molecule has 1 aromatic heterocycles. The lowest BCUT2D eigenvalue weighted by Crippen LogP contribution is -2.41. The molecule has 0 saturated carbocycles. The normalized spacial score (nSPS) is 20.6. The van der Waals surface area contributed by atoms with Crippen LogP contribution in [-0.2, 0) is 9.31 Å². The molecule has 1 aliphatic rings. The summed E-state index contributed by atoms with van der Waals surface area (Å²) in [5, 5.41) is 0. The second kappa shape index (κ2) is 5.71. The quantitative estimate of drug-likeness (QED) is 0.676. The minimum atomic E-state index is -0.486. The summed E-state index contributed by atoms with van der Waals surface area (Å²) in [5.41, 5.74) is 7.16. The number of hydrogen-bond acceptors (Lipinski definition) is 5. The van der Waals surface area contributed by atoms with E-state index in [0.717, 1.165) is 17.3 Å². The Bertz CT molecular complexity index is 554. The van der Waals surface area contributed by atoms with Gasteiger partial charge in [0.05, 0.1) is 11.2 Å². The van der Waals surface area contributed by atoms with Gasteiger partial charge in [0.15, 0.2) is 6.29 Å². The van der Waals surface area contributed by atoms with Crippen molar-refractivity contribution in [2.75, 3.05) is 6.54 Å². The van der Waals surface area contributed by atoms with E-state index in [0.29, 0.717) is 12.1 Å². The molecule has 5 nitrogen and oxygen atoms in total. The third-order valence-corrected chi connectivity index (χ3v) is 4.06. The Labute approximate surface area is 125 Å². The van der Waals surface area contributed by atoms with Crippen LogP contribution in [0.3, 0.4) is 0 Å². The third kappa shape index (κ3) is 3.23. The van der Waals surface area contributed by atoms with Crippen LogP contribution >= 0.6 is 0 Å². The summed E-state index contributed by atoms with van der Waals surface area (Å²) < 4.78 is 12.0. The standard InChI is InChI=1S/C15H21BN2O3/c1-14(2)15(3,4)21-16(20-14)13(7-17)6-11-5-12(10-19)9-18-8-11/h5-6,8-10H,7,17H2,1-4H3. The average Bonchev–Trinajstić information content (AvgIpc) is 2.65. The van der Waals surface area contributed by atoms with Gasteiger partial charge in [0, 0.05) is 24.5 Å². The fraction of sp³-hybridized carbons (Fsp3) is 0.467. The van der Waals surface area contributed by atoms with Crippen molar-refractivity contribution in [3.05, 3.63) is 35.1 Å². The van der Waals surface area contributed by atoms with Crippen molar-refractivity contribution in [1.82, 2.24) is 4.98 Å². The second-order valence-corrected chi connectivity index (χ2v) is 6.18. The maximum absolute atomic E-state index is 10.8. The monoisotopic (exact) mass is 288 g/mol. The van der Waals surface area contributed by atoms with Gasteiger partial charge in [-0.1, -0.05) is 6.08 Å². The topological polar surface area (TPSA) is 74.4 Å². The van der Waals surface area contributed by atoms with E-state index in [-0.39, 0.29) is 0 Å². The summed E-state index contributed by atoms with van der Waals surface area (Å²) in [6.07, 6.45) is 5.82. The second-order valence-electron chi connectivity index (χ2n) is 6.18. The van der Waals surface area contributed by atoms with Crippen LogP contribution in [-0.4, -0.2) is 36.1 Å². The van der Waals surface area contributed by atoms with Crippen molar-refractivity contribution in [2.45, 2.75) is 38.9 Å². The summed E-state index contributed by atoms with van der Waals surface area (Å²) in [7, 11) is -0.486. The molecular weight excluding hydrogens is 267 g/mol. The number of aromatic nitrogens is 1. The summed E-state index contributed by atoms with van der Waals surface area (Å²) in [4.78, 5) is 14.8. The minimum Gasteiger partial charge on any atom is -0.400 e. The van der Waals surface area contributed by atoms with Crippen LogP contribution in [0, 0.1) is 0 Å². The lowest BCUT2D eigenvalue weighted by molar-refractivity contribution is 0.00578. The predicted molar refractivity (Wildman–Crippen MR) is 82.7 cm³/mol. The van der Waals surface area contributed by atoms with E-state index in [9.17, 15) is 4.79 Å². The number of nitrogens with zero attached hydrogens (tertiary/aromatic N) is 1. The number of nitrogens with two attached hydrogens (primary N) is 1. The molecule has 2 heterocycles. The van der Waals surface area contributed by atoms with Gasteiger partial charge in [-0.3, -0.25) is 9.78 Å². The zero-order valence-corrected chi connectivity index (χ0v) is 12.9. The number of carbonyl (C=O) groups excluding carboxylic acids is 1. The van der Waals surface area contributed by atoms with E-state index in [1.807, 2.05) is 33.8 Å². The number of carbonyl (C=O) groups is 1. The Morgan fingerprint density at radius 2 is 1.81 bits per heavy atom. The van der Waals surface area contributed by atoms with Crippen LogP contribution in [0.25, 0.3) is 6.08 Å². The van der Waals surface area contributed by atoms with Gasteiger partial charge in [-0.05, 0) is 44.8 Å². The molecule has 1 saturated heterocycles. The Morgan fingerprint density at radius 1 is 1.24 bits per heavy atom. The molecule has 0 bridgehead atoms. The van der Waals surface area contributed by atoms with Crippen LogP contribution < -0.4 is 5.73 Å². The van der Waals surface area contributed by atoms with E-state index >= 15 is 0 Å². The predicted octanol–water partition coefficient (Wildman–Crippen LogP) is 1.87. The summed E-state index contributed by atoms with van der Waals surface area (Å²) in [6, 6.07) is 1.75. The molecule has 0 radical (unpaired) electrons. The Morgan fingerprint density at radius 3 is 2.33 bits per heavy atom. The van der Waals surface area contributed by atoms with Crippen LogP contribution in [0.1, 0.15) is 43.6 Å². The van der Waals surface area contributed by atoms with Gasteiger partial charge in [0.1, 0.15) is 0 Å². The van der Waals surface area contributed by atoms with Crippen molar-refractivity contribution >= 4 is 19.5 Å². The SMILES string of the molecule is CC1(C)OB(C(=Cc2cncc(C=O)c2)CN)OC1(C)C. The molecule has 0 aliphatic carbocycles. The summed E-state index contributed by atoms with van der Waals surface area (Å²) in [6.45, 7) is 8.29. The fourth-order valence-electron chi connectivity index (χ4n) is 2.05. The number of hydrogen-bond donors (Lipinski definition) is 1. The van der Waals surface area contributed by atoms with Gasteiger partial charge < -0.3 is 15.0 Å². The first-order chi connectivity index (χ1) is 9.79. The van der Waals surface area contributed by atoms with E-state index in [2.05, 4.69) is 4.98 Å². The van der Waals surface area contributed by atoms with E-state index < -0.39 is 18.3 Å². The molecule has 6 heteroatoms. The van der Waals surface area contributed by atoms with Gasteiger partial charge in [0.2, 0.25) is 0 Å². The first-order valence-corrected chi connectivity index (χ1v) is 6.95. The highest BCUT2D eigenvalue weighted by Gasteiger charge is 2.52. The molecule has 1 fully saturated rings. The zero-order chi connectivity index (χ0) is 15.7. The third-order valence-electron chi connectivity index (χ3n) is 4.06. The van der Waals surface area contributed by atoms with Crippen LogP contribution in [0.5, 0.6) is 0 Å². The highest BCUT2D eigenvalue weighted by molar-refractivity contribution is 6.55. The van der Waals surface area contributed by atoms with E-state index in [4.69, 9.17) is 15.0 Å². The van der Waals surface area contributed by atoms with Crippen molar-refractivity contribution in [1.29, 1.82) is 0 Å². The van der Waals surface area contributed by atoms with Crippen LogP contribution in [0.15, 0.2) is 23.9 Å². The first-order valence-electron chi connectivity index (χ1n) is 6.95. The molecule has 112 valence electrons. The van der Waals surface area contributed by atoms with Crippen molar-refractivity contribution < 1.29 is 14.1 Å². The maximum Gasteiger partial charge on any atom is 0.491 e. The van der Waals surface area contributed by atoms with Crippen molar-refractivity contribution in [2.24, 2.45) is 5.73 Å². The van der Waals surface area contributed by atoms with Crippen molar-refractivity contribution in [3.8, 4) is 0 Å². The Hall–Kier alpha value is -1.50. The van der Waals surface area contributed by atoms with Crippen LogP contribution in [0.4, 0.5) is 0 Å². The molecule has 0 atom stereocenters. The lowest BCUT2D eigenvalue weighted by Gasteiger charge is -2.32. The largest absolute Gasteiger partial charge is 0.491 e. The molecule has 1 aliphatic heterocycles. The van der Waals surface area contributed by atoms with Gasteiger partial charge in [-0.15, -0.1) is 0 Å². The Kier molecular flexibility index (Phi) is 4.32. The van der Waals surface area contributed by atoms with Gasteiger partial charge >= 0.3 is 7.12 Å². The van der Waals surface area contributed by atoms with Gasteiger partial charge in [-0.25, -0.2) is 0 Å². The highest BCUT2D eigenvalue weighted by atomic mass is 16.7. The van der Waals surface area contributed by atoms with Crippen molar-refractivity contribution in [3.63, 3.8) is 0 Å². The maximum atomic E-state index is 10.8. The minimum absolute atomic E-state index is 0.308. The Balaban J connectivity index is 2.28. The van der Waals surface area contributed by atoms with Gasteiger partial charge in [0.25, 0.3) is 0 Å². The molecule has 2 rings (SSSR count). The zero-order valence-electron chi connectivity index (χ0n) is 12.9. The van der Waals surface area contributed by atoms with E-state index in [1.165, 1.54) is 6.20 Å². The molecule has 1 aromatic rings. The molecule has 0 amide bonds. The van der Waals surface area contributed by atoms with E-state index in [1.54, 1.807) is 12.3 Å². The van der Waals surface area contributed by atoms with Crippen LogP contribution in [0.2, 0.25) is 0 Å². The number of rotatable bonds is 4. The number of pyridine rings is 1. The molecule has 0 unspecified atom stereocenters. The smallest absolute Gasteiger partial charge is 0.400 e. The molecule has 0 aromatic carbocycles. The number of aldehydes is 1. The van der Waals surface area contributed by atoms with Gasteiger partial charge in [-0.2, -0.15) is 0 Å². The molecule has 0 spiro atoms. The molecule has 21 heavy (non-hydrogen) atoms.